The largest absolute Gasteiger partial charge is 0.494 e. The Bertz CT molecular complexity index is 416. The van der Waals surface area contributed by atoms with Gasteiger partial charge in [0.15, 0.2) is 11.6 Å². The van der Waals surface area contributed by atoms with Gasteiger partial charge in [0.2, 0.25) is 5.17 Å². The first-order chi connectivity index (χ1) is 7.34. The number of rotatable bonds is 2. The average molecular weight is 256 g/mol. The maximum Gasteiger partial charge on any atom is 0.444 e. The first-order valence-corrected chi connectivity index (χ1v) is 4.37. The predicted octanol–water partition coefficient (Wildman–Crippen LogP) is 3.67. The summed E-state index contributed by atoms with van der Waals surface area (Å²) in [6.45, 7) is 0. The third kappa shape index (κ3) is 3.10. The molecule has 0 amide bonds. The molecule has 7 heteroatoms. The van der Waals surface area contributed by atoms with Gasteiger partial charge in [-0.05, 0) is 12.1 Å². The van der Waals surface area contributed by atoms with Crippen molar-refractivity contribution in [1.29, 1.82) is 0 Å². The number of hydrogen-bond acceptors (Lipinski definition) is 2. The van der Waals surface area contributed by atoms with E-state index in [1.807, 2.05) is 0 Å². The molecule has 0 N–H and O–H groups in total. The molecule has 88 valence electrons. The van der Waals surface area contributed by atoms with Gasteiger partial charge in [-0.2, -0.15) is 13.2 Å². The van der Waals surface area contributed by atoms with Gasteiger partial charge in [0.05, 0.1) is 12.8 Å². The molecule has 0 fully saturated rings. The smallest absolute Gasteiger partial charge is 0.444 e. The Kier molecular flexibility index (Phi) is 3.74. The van der Waals surface area contributed by atoms with E-state index in [9.17, 15) is 17.6 Å². The lowest BCUT2D eigenvalue weighted by atomic mass is 10.3. The summed E-state index contributed by atoms with van der Waals surface area (Å²) < 4.78 is 53.6. The molecular weight excluding hydrogens is 250 g/mol. The Labute approximate surface area is 93.5 Å². The highest BCUT2D eigenvalue weighted by Crippen LogP contribution is 2.27. The van der Waals surface area contributed by atoms with Crippen molar-refractivity contribution in [2.75, 3.05) is 7.11 Å². The molecule has 0 aliphatic heterocycles. The van der Waals surface area contributed by atoms with Crippen molar-refractivity contribution in [2.45, 2.75) is 6.18 Å². The van der Waals surface area contributed by atoms with E-state index in [2.05, 4.69) is 9.73 Å². The highest BCUT2D eigenvalue weighted by molar-refractivity contribution is 6.67. The number of alkyl halides is 3. The summed E-state index contributed by atoms with van der Waals surface area (Å²) in [7, 11) is 1.19. The monoisotopic (exact) mass is 255 g/mol. The van der Waals surface area contributed by atoms with Crippen LogP contribution in [0, 0.1) is 5.82 Å². The summed E-state index contributed by atoms with van der Waals surface area (Å²) in [5.41, 5.74) is -0.138. The first-order valence-electron chi connectivity index (χ1n) is 3.99. The van der Waals surface area contributed by atoms with Crippen molar-refractivity contribution in [1.82, 2.24) is 0 Å². The van der Waals surface area contributed by atoms with E-state index in [0.29, 0.717) is 0 Å². The van der Waals surface area contributed by atoms with Gasteiger partial charge in [0, 0.05) is 6.07 Å². The number of hydrogen-bond donors (Lipinski definition) is 0. The Balaban J connectivity index is 3.07. The molecule has 0 unspecified atom stereocenters. The minimum absolute atomic E-state index is 0.138. The minimum Gasteiger partial charge on any atom is -0.494 e. The Morgan fingerprint density at radius 2 is 2.00 bits per heavy atom. The van der Waals surface area contributed by atoms with Crippen LogP contribution in [0.2, 0.25) is 0 Å². The molecule has 2 nitrogen and oxygen atoms in total. The lowest BCUT2D eigenvalue weighted by molar-refractivity contribution is -0.0558. The fourth-order valence-electron chi connectivity index (χ4n) is 0.895. The molecule has 0 spiro atoms. The number of nitrogens with zero attached hydrogens (tertiary/aromatic N) is 1. The van der Waals surface area contributed by atoms with Crippen molar-refractivity contribution < 1.29 is 22.3 Å². The van der Waals surface area contributed by atoms with E-state index in [1.165, 1.54) is 7.11 Å². The van der Waals surface area contributed by atoms with E-state index in [1.54, 1.807) is 0 Å². The summed E-state index contributed by atoms with van der Waals surface area (Å²) in [4.78, 5) is 3.09. The number of methoxy groups -OCH3 is 1. The van der Waals surface area contributed by atoms with E-state index in [-0.39, 0.29) is 11.4 Å². The highest BCUT2D eigenvalue weighted by Gasteiger charge is 2.34. The third-order valence-corrected chi connectivity index (χ3v) is 1.89. The quantitative estimate of drug-likeness (QED) is 0.584. The van der Waals surface area contributed by atoms with Crippen LogP contribution in [0.15, 0.2) is 23.2 Å². The van der Waals surface area contributed by atoms with Crippen LogP contribution in [0.25, 0.3) is 0 Å². The molecule has 0 aliphatic rings. The van der Waals surface area contributed by atoms with E-state index in [4.69, 9.17) is 11.6 Å². The molecule has 0 heterocycles. The maximum absolute atomic E-state index is 12.9. The van der Waals surface area contributed by atoms with E-state index >= 15 is 0 Å². The van der Waals surface area contributed by atoms with Crippen LogP contribution in [0.5, 0.6) is 5.75 Å². The Morgan fingerprint density at radius 1 is 1.38 bits per heavy atom. The summed E-state index contributed by atoms with van der Waals surface area (Å²) in [6.07, 6.45) is -4.72. The Morgan fingerprint density at radius 3 is 2.50 bits per heavy atom. The number of ether oxygens (including phenoxy) is 1. The van der Waals surface area contributed by atoms with Gasteiger partial charge < -0.3 is 4.74 Å². The van der Waals surface area contributed by atoms with Crippen molar-refractivity contribution in [3.05, 3.63) is 24.0 Å². The van der Waals surface area contributed by atoms with Crippen LogP contribution in [-0.2, 0) is 0 Å². The van der Waals surface area contributed by atoms with E-state index in [0.717, 1.165) is 18.2 Å². The third-order valence-electron chi connectivity index (χ3n) is 1.60. The zero-order valence-corrected chi connectivity index (χ0v) is 8.73. The van der Waals surface area contributed by atoms with Crippen LogP contribution in [0.4, 0.5) is 23.2 Å². The predicted molar refractivity (Wildman–Crippen MR) is 52.0 cm³/mol. The van der Waals surface area contributed by atoms with Crippen LogP contribution in [-0.4, -0.2) is 18.5 Å². The van der Waals surface area contributed by atoms with Crippen molar-refractivity contribution >= 4 is 22.5 Å². The SMILES string of the molecule is COc1cc(N=C(Cl)C(F)(F)F)ccc1F. The molecule has 0 aliphatic carbocycles. The first kappa shape index (κ1) is 12.8. The fraction of sp³-hybridized carbons (Fsp3) is 0.222. The number of halogens is 5. The van der Waals surface area contributed by atoms with Gasteiger partial charge in [-0.15, -0.1) is 0 Å². The summed E-state index contributed by atoms with van der Waals surface area (Å²) in [5, 5.41) is -1.53. The van der Waals surface area contributed by atoms with Gasteiger partial charge in [-0.3, -0.25) is 0 Å². The van der Waals surface area contributed by atoms with Crippen LogP contribution < -0.4 is 4.74 Å². The van der Waals surface area contributed by atoms with Crippen LogP contribution in [0.1, 0.15) is 0 Å². The minimum atomic E-state index is -4.72. The maximum atomic E-state index is 12.9. The Hall–Kier alpha value is -1.30. The molecule has 16 heavy (non-hydrogen) atoms. The second-order valence-electron chi connectivity index (χ2n) is 2.72. The molecular formula is C9H6ClF4NO. The zero-order chi connectivity index (χ0) is 12.3. The van der Waals surface area contributed by atoms with Gasteiger partial charge in [0.25, 0.3) is 0 Å². The zero-order valence-electron chi connectivity index (χ0n) is 7.98. The van der Waals surface area contributed by atoms with Gasteiger partial charge in [-0.25, -0.2) is 9.38 Å². The number of aliphatic imine (C=N–C) groups is 1. The van der Waals surface area contributed by atoms with Crippen LogP contribution in [0.3, 0.4) is 0 Å². The molecule has 0 saturated carbocycles. The molecule has 0 atom stereocenters. The molecule has 0 bridgehead atoms. The van der Waals surface area contributed by atoms with Crippen molar-refractivity contribution in [3.8, 4) is 5.75 Å². The van der Waals surface area contributed by atoms with E-state index < -0.39 is 17.2 Å². The second-order valence-corrected chi connectivity index (χ2v) is 3.08. The van der Waals surface area contributed by atoms with Gasteiger partial charge >= 0.3 is 6.18 Å². The van der Waals surface area contributed by atoms with Crippen molar-refractivity contribution in [2.24, 2.45) is 4.99 Å². The van der Waals surface area contributed by atoms with Gasteiger partial charge in [0.1, 0.15) is 0 Å². The van der Waals surface area contributed by atoms with Crippen LogP contribution >= 0.6 is 11.6 Å². The summed E-state index contributed by atoms with van der Waals surface area (Å²) >= 11 is 4.92. The summed E-state index contributed by atoms with van der Waals surface area (Å²) in [5.74, 6) is -0.891. The molecule has 0 saturated heterocycles. The standard InChI is InChI=1S/C9H6ClF4NO/c1-16-7-4-5(2-3-6(7)11)15-8(10)9(12,13)14/h2-4H,1H3. The average Bonchev–Trinajstić information content (AvgIpc) is 2.19. The molecule has 1 aromatic carbocycles. The molecule has 1 rings (SSSR count). The fourth-order valence-corrected chi connectivity index (χ4v) is 0.992. The summed E-state index contributed by atoms with van der Waals surface area (Å²) in [6, 6.07) is 3.02. The van der Waals surface area contributed by atoms with Gasteiger partial charge in [-0.1, -0.05) is 11.6 Å². The lowest BCUT2D eigenvalue weighted by Crippen LogP contribution is -2.16. The molecule has 0 radical (unpaired) electrons. The normalized spacial score (nSPS) is 12.8. The highest BCUT2D eigenvalue weighted by atomic mass is 35.5. The lowest BCUT2D eigenvalue weighted by Gasteiger charge is -2.05. The topological polar surface area (TPSA) is 21.6 Å². The molecule has 1 aromatic rings. The second kappa shape index (κ2) is 4.69. The molecule has 0 aromatic heterocycles. The number of benzene rings is 1. The van der Waals surface area contributed by atoms with Crippen molar-refractivity contribution in [3.63, 3.8) is 0 Å².